The van der Waals surface area contributed by atoms with Crippen LogP contribution in [0.4, 0.5) is 10.7 Å². The second-order valence-corrected chi connectivity index (χ2v) is 6.08. The van der Waals surface area contributed by atoms with Crippen molar-refractivity contribution in [2.45, 2.75) is 6.92 Å². The standard InChI is InChI=1S/C18H15N5O3/c1-9-3-5-11-12(7-9)15(21-22-16(11)24)10-4-6-13-14(8-10)20-17(19-13)23(2)18(25)26/h3-8H,1-2H3,(H,19,20)(H,22,24)(H,25,26). The maximum absolute atomic E-state index is 12.0. The number of carbonyl (C=O) groups is 1. The Balaban J connectivity index is 1.91. The summed E-state index contributed by atoms with van der Waals surface area (Å²) in [4.78, 5) is 31.4. The Morgan fingerprint density at radius 1 is 1.15 bits per heavy atom. The van der Waals surface area contributed by atoms with Crippen LogP contribution >= 0.6 is 0 Å². The molecular weight excluding hydrogens is 334 g/mol. The Morgan fingerprint density at radius 3 is 2.73 bits per heavy atom. The van der Waals surface area contributed by atoms with Gasteiger partial charge in [-0.1, -0.05) is 17.7 Å². The summed E-state index contributed by atoms with van der Waals surface area (Å²) in [5.41, 5.74) is 3.54. The third kappa shape index (κ3) is 2.48. The molecule has 4 rings (SSSR count). The van der Waals surface area contributed by atoms with Crippen LogP contribution < -0.4 is 10.5 Å². The van der Waals surface area contributed by atoms with Gasteiger partial charge in [0.1, 0.15) is 0 Å². The van der Waals surface area contributed by atoms with Crippen molar-refractivity contribution in [3.8, 4) is 11.3 Å². The van der Waals surface area contributed by atoms with Gasteiger partial charge in [-0.25, -0.2) is 14.9 Å². The number of hydrogen-bond acceptors (Lipinski definition) is 4. The third-order valence-electron chi connectivity index (χ3n) is 4.29. The Labute approximate surface area is 147 Å². The Hall–Kier alpha value is -3.68. The Kier molecular flexibility index (Phi) is 3.47. The molecule has 8 nitrogen and oxygen atoms in total. The number of anilines is 1. The lowest BCUT2D eigenvalue weighted by atomic mass is 10.0. The van der Waals surface area contributed by atoms with Gasteiger partial charge in [0.05, 0.1) is 22.1 Å². The van der Waals surface area contributed by atoms with E-state index >= 15 is 0 Å². The molecule has 4 aromatic rings. The summed E-state index contributed by atoms with van der Waals surface area (Å²) in [6.07, 6.45) is -1.10. The fourth-order valence-electron chi connectivity index (χ4n) is 2.89. The minimum atomic E-state index is -1.10. The summed E-state index contributed by atoms with van der Waals surface area (Å²) in [5.74, 6) is 0.236. The minimum absolute atomic E-state index is 0.236. The molecule has 26 heavy (non-hydrogen) atoms. The van der Waals surface area contributed by atoms with Gasteiger partial charge in [0.15, 0.2) is 0 Å². The normalized spacial score (nSPS) is 11.2. The van der Waals surface area contributed by atoms with Gasteiger partial charge in [-0.3, -0.25) is 9.69 Å². The predicted molar refractivity (Wildman–Crippen MR) is 98.6 cm³/mol. The van der Waals surface area contributed by atoms with Crippen LogP contribution in [0.25, 0.3) is 33.1 Å². The van der Waals surface area contributed by atoms with Gasteiger partial charge >= 0.3 is 6.09 Å². The lowest BCUT2D eigenvalue weighted by Gasteiger charge is -2.07. The number of carboxylic acid groups (broad SMARTS) is 1. The number of amides is 1. The maximum atomic E-state index is 12.0. The van der Waals surface area contributed by atoms with E-state index in [1.807, 2.05) is 31.2 Å². The van der Waals surface area contributed by atoms with Crippen molar-refractivity contribution < 1.29 is 9.90 Å². The first kappa shape index (κ1) is 15.8. The van der Waals surface area contributed by atoms with Gasteiger partial charge in [-0.15, -0.1) is 0 Å². The molecule has 2 heterocycles. The van der Waals surface area contributed by atoms with Crippen LogP contribution in [0.2, 0.25) is 0 Å². The molecule has 0 fully saturated rings. The molecule has 0 saturated heterocycles. The van der Waals surface area contributed by atoms with Crippen LogP contribution in [0.15, 0.2) is 41.2 Å². The molecule has 0 spiro atoms. The number of aromatic nitrogens is 4. The molecule has 0 aliphatic carbocycles. The highest BCUT2D eigenvalue weighted by Crippen LogP contribution is 2.28. The van der Waals surface area contributed by atoms with Gasteiger partial charge < -0.3 is 10.1 Å². The van der Waals surface area contributed by atoms with Crippen LogP contribution in [-0.2, 0) is 0 Å². The number of fused-ring (bicyclic) bond motifs is 2. The summed E-state index contributed by atoms with van der Waals surface area (Å²) in [7, 11) is 1.42. The van der Waals surface area contributed by atoms with Gasteiger partial charge in [0.2, 0.25) is 5.95 Å². The summed E-state index contributed by atoms with van der Waals surface area (Å²) >= 11 is 0. The largest absolute Gasteiger partial charge is 0.465 e. The molecule has 0 aliphatic heterocycles. The Bertz CT molecular complexity index is 1220. The topological polar surface area (TPSA) is 115 Å². The van der Waals surface area contributed by atoms with Crippen LogP contribution in [0.3, 0.4) is 0 Å². The van der Waals surface area contributed by atoms with E-state index < -0.39 is 6.09 Å². The number of nitrogens with one attached hydrogen (secondary N) is 2. The number of benzene rings is 2. The number of aryl methyl sites for hydroxylation is 1. The first-order valence-electron chi connectivity index (χ1n) is 7.90. The smallest absolute Gasteiger partial charge is 0.413 e. The number of hydrogen-bond donors (Lipinski definition) is 3. The molecule has 2 aromatic heterocycles. The summed E-state index contributed by atoms with van der Waals surface area (Å²) in [6, 6.07) is 11.1. The van der Waals surface area contributed by atoms with Crippen molar-refractivity contribution >= 4 is 33.8 Å². The second kappa shape index (κ2) is 5.69. The summed E-state index contributed by atoms with van der Waals surface area (Å²) in [6.45, 7) is 1.95. The molecule has 3 N–H and O–H groups in total. The van der Waals surface area contributed by atoms with Gasteiger partial charge in [-0.05, 0) is 31.2 Å². The number of nitrogens with zero attached hydrogens (tertiary/aromatic N) is 3. The first-order valence-corrected chi connectivity index (χ1v) is 7.90. The molecule has 8 heteroatoms. The van der Waals surface area contributed by atoms with E-state index in [9.17, 15) is 9.59 Å². The fourth-order valence-corrected chi connectivity index (χ4v) is 2.89. The lowest BCUT2D eigenvalue weighted by molar-refractivity contribution is 0.203. The van der Waals surface area contributed by atoms with Gasteiger partial charge in [0.25, 0.3) is 5.56 Å². The molecule has 0 radical (unpaired) electrons. The average Bonchev–Trinajstić information content (AvgIpc) is 3.04. The molecule has 0 saturated carbocycles. The Morgan fingerprint density at radius 2 is 1.96 bits per heavy atom. The van der Waals surface area contributed by atoms with Crippen LogP contribution in [-0.4, -0.2) is 38.4 Å². The van der Waals surface area contributed by atoms with Gasteiger partial charge in [0, 0.05) is 18.0 Å². The molecule has 2 aromatic carbocycles. The number of H-pyrrole nitrogens is 2. The molecule has 0 aliphatic rings. The molecule has 0 unspecified atom stereocenters. The highest BCUT2D eigenvalue weighted by Gasteiger charge is 2.15. The zero-order chi connectivity index (χ0) is 18.4. The predicted octanol–water partition coefficient (Wildman–Crippen LogP) is 2.89. The quantitative estimate of drug-likeness (QED) is 0.515. The monoisotopic (exact) mass is 349 g/mol. The van der Waals surface area contributed by atoms with E-state index in [0.29, 0.717) is 22.1 Å². The molecule has 1 amide bonds. The van der Waals surface area contributed by atoms with E-state index in [1.165, 1.54) is 7.05 Å². The van der Waals surface area contributed by atoms with E-state index in [-0.39, 0.29) is 11.5 Å². The summed E-state index contributed by atoms with van der Waals surface area (Å²) in [5, 5.41) is 17.2. The van der Waals surface area contributed by atoms with Gasteiger partial charge in [-0.2, -0.15) is 5.10 Å². The van der Waals surface area contributed by atoms with E-state index in [0.717, 1.165) is 21.4 Å². The van der Waals surface area contributed by atoms with E-state index in [1.54, 1.807) is 12.1 Å². The van der Waals surface area contributed by atoms with Crippen molar-refractivity contribution in [2.75, 3.05) is 11.9 Å². The third-order valence-corrected chi connectivity index (χ3v) is 4.29. The zero-order valence-corrected chi connectivity index (χ0v) is 14.1. The molecule has 130 valence electrons. The minimum Gasteiger partial charge on any atom is -0.465 e. The van der Waals surface area contributed by atoms with E-state index in [4.69, 9.17) is 5.11 Å². The van der Waals surface area contributed by atoms with Crippen molar-refractivity contribution in [3.63, 3.8) is 0 Å². The van der Waals surface area contributed by atoms with E-state index in [2.05, 4.69) is 20.2 Å². The number of rotatable bonds is 2. The number of aromatic amines is 2. The average molecular weight is 349 g/mol. The lowest BCUT2D eigenvalue weighted by Crippen LogP contribution is -2.24. The SMILES string of the molecule is Cc1ccc2c(=O)[nH]nc(-c3ccc4nc(N(C)C(=O)O)[nH]c4c3)c2c1. The van der Waals surface area contributed by atoms with Crippen molar-refractivity contribution in [1.82, 2.24) is 20.2 Å². The molecule has 0 bridgehead atoms. The zero-order valence-electron chi connectivity index (χ0n) is 14.1. The van der Waals surface area contributed by atoms with Crippen molar-refractivity contribution in [2.24, 2.45) is 0 Å². The fraction of sp³-hybridized carbons (Fsp3) is 0.111. The van der Waals surface area contributed by atoms with Crippen molar-refractivity contribution in [3.05, 3.63) is 52.3 Å². The second-order valence-electron chi connectivity index (χ2n) is 6.08. The first-order chi connectivity index (χ1) is 12.4. The molecule has 0 atom stereocenters. The number of imidazole rings is 1. The highest BCUT2D eigenvalue weighted by atomic mass is 16.4. The maximum Gasteiger partial charge on any atom is 0.413 e. The van der Waals surface area contributed by atoms with Crippen LogP contribution in [0.1, 0.15) is 5.56 Å². The molecular formula is C18H15N5O3. The van der Waals surface area contributed by atoms with Crippen LogP contribution in [0, 0.1) is 6.92 Å². The van der Waals surface area contributed by atoms with Crippen molar-refractivity contribution in [1.29, 1.82) is 0 Å². The summed E-state index contributed by atoms with van der Waals surface area (Å²) < 4.78 is 0. The van der Waals surface area contributed by atoms with Crippen LogP contribution in [0.5, 0.6) is 0 Å². The highest BCUT2D eigenvalue weighted by molar-refractivity contribution is 5.96.